The highest BCUT2D eigenvalue weighted by atomic mass is 79.9. The molecule has 3 rings (SSSR count). The van der Waals surface area contributed by atoms with Crippen LogP contribution in [0.25, 0.3) is 6.08 Å². The van der Waals surface area contributed by atoms with Crippen molar-refractivity contribution in [1.29, 1.82) is 0 Å². The number of anilines is 1. The Bertz CT molecular complexity index is 895. The Balaban J connectivity index is 1.93. The fourth-order valence-corrected chi connectivity index (χ4v) is 3.12. The molecule has 0 saturated carbocycles. The third-order valence-electron chi connectivity index (χ3n) is 4.35. The highest BCUT2D eigenvalue weighted by Crippen LogP contribution is 2.35. The number of benzene rings is 2. The molecule has 1 aliphatic rings. The fraction of sp³-hybridized carbons (Fsp3) is 0.238. The van der Waals surface area contributed by atoms with Crippen LogP contribution in [0.2, 0.25) is 0 Å². The van der Waals surface area contributed by atoms with Gasteiger partial charge in [0.1, 0.15) is 6.54 Å². The number of halogens is 1. The molecule has 2 aromatic carbocycles. The van der Waals surface area contributed by atoms with Gasteiger partial charge in [0.15, 0.2) is 11.5 Å². The first-order valence-electron chi connectivity index (χ1n) is 8.84. The SMILES string of the molecule is CCC(C)NC(=O)CN1C(=O)C(=Cc2ccccc2Br)Oc2ccccc21. The average molecular weight is 429 g/mol. The summed E-state index contributed by atoms with van der Waals surface area (Å²) in [5, 5.41) is 2.90. The highest BCUT2D eigenvalue weighted by molar-refractivity contribution is 9.10. The van der Waals surface area contributed by atoms with Crippen molar-refractivity contribution in [3.05, 3.63) is 64.3 Å². The molecular formula is C21H21BrN2O3. The second kappa shape index (κ2) is 8.39. The lowest BCUT2D eigenvalue weighted by atomic mass is 10.1. The van der Waals surface area contributed by atoms with Gasteiger partial charge in [-0.15, -0.1) is 0 Å². The van der Waals surface area contributed by atoms with E-state index in [1.807, 2.05) is 50.2 Å². The third kappa shape index (κ3) is 4.39. The standard InChI is InChI=1S/C21H21BrN2O3/c1-3-14(2)23-20(25)13-24-17-10-6-7-11-18(17)27-19(21(24)26)12-15-8-4-5-9-16(15)22/h4-12,14H,3,13H2,1-2H3,(H,23,25). The van der Waals surface area contributed by atoms with E-state index in [0.29, 0.717) is 11.4 Å². The minimum Gasteiger partial charge on any atom is -0.449 e. The summed E-state index contributed by atoms with van der Waals surface area (Å²) < 4.78 is 6.69. The zero-order chi connectivity index (χ0) is 19.4. The predicted octanol–water partition coefficient (Wildman–Crippen LogP) is 4.13. The molecule has 0 spiro atoms. The smallest absolute Gasteiger partial charge is 0.294 e. The molecule has 0 saturated heterocycles. The Labute approximate surface area is 167 Å². The van der Waals surface area contributed by atoms with Gasteiger partial charge in [-0.05, 0) is 43.2 Å². The molecule has 5 nitrogen and oxygen atoms in total. The summed E-state index contributed by atoms with van der Waals surface area (Å²) in [6.45, 7) is 3.88. The zero-order valence-corrected chi connectivity index (χ0v) is 16.8. The quantitative estimate of drug-likeness (QED) is 0.728. The molecule has 2 aromatic rings. The van der Waals surface area contributed by atoms with Crippen LogP contribution in [0.1, 0.15) is 25.8 Å². The van der Waals surface area contributed by atoms with Crippen LogP contribution in [-0.4, -0.2) is 24.4 Å². The van der Waals surface area contributed by atoms with Gasteiger partial charge < -0.3 is 10.1 Å². The van der Waals surface area contributed by atoms with Crippen molar-refractivity contribution in [2.75, 3.05) is 11.4 Å². The maximum Gasteiger partial charge on any atom is 0.294 e. The Morgan fingerprint density at radius 1 is 1.22 bits per heavy atom. The number of rotatable bonds is 5. The lowest BCUT2D eigenvalue weighted by molar-refractivity contribution is -0.123. The van der Waals surface area contributed by atoms with E-state index < -0.39 is 0 Å². The number of carbonyl (C=O) groups excluding carboxylic acids is 2. The highest BCUT2D eigenvalue weighted by Gasteiger charge is 2.31. The molecule has 0 fully saturated rings. The monoisotopic (exact) mass is 428 g/mol. The van der Waals surface area contributed by atoms with Gasteiger partial charge in [-0.1, -0.05) is 53.2 Å². The molecule has 1 N–H and O–H groups in total. The molecule has 27 heavy (non-hydrogen) atoms. The number of hydrogen-bond donors (Lipinski definition) is 1. The van der Waals surface area contributed by atoms with E-state index in [1.54, 1.807) is 18.2 Å². The van der Waals surface area contributed by atoms with Crippen molar-refractivity contribution >= 4 is 39.5 Å². The van der Waals surface area contributed by atoms with Crippen molar-refractivity contribution in [1.82, 2.24) is 5.32 Å². The first kappa shape index (κ1) is 19.2. The first-order valence-corrected chi connectivity index (χ1v) is 9.63. The summed E-state index contributed by atoms with van der Waals surface area (Å²) in [5.41, 5.74) is 1.41. The van der Waals surface area contributed by atoms with Crippen LogP contribution < -0.4 is 15.0 Å². The molecule has 0 aliphatic carbocycles. The van der Waals surface area contributed by atoms with E-state index in [-0.39, 0.29) is 30.2 Å². The van der Waals surface area contributed by atoms with E-state index >= 15 is 0 Å². The molecule has 140 valence electrons. The molecule has 6 heteroatoms. The van der Waals surface area contributed by atoms with Gasteiger partial charge >= 0.3 is 0 Å². The van der Waals surface area contributed by atoms with Gasteiger partial charge in [-0.2, -0.15) is 0 Å². The van der Waals surface area contributed by atoms with Crippen molar-refractivity contribution in [2.24, 2.45) is 0 Å². The number of carbonyl (C=O) groups is 2. The average Bonchev–Trinajstić information content (AvgIpc) is 2.66. The number of hydrogen-bond acceptors (Lipinski definition) is 3. The minimum absolute atomic E-state index is 0.0548. The lowest BCUT2D eigenvalue weighted by Gasteiger charge is -2.30. The molecule has 1 atom stereocenters. The normalized spacial score (nSPS) is 15.9. The number of ether oxygens (including phenoxy) is 1. The molecule has 1 heterocycles. The van der Waals surface area contributed by atoms with Crippen LogP contribution in [-0.2, 0) is 9.59 Å². The van der Waals surface area contributed by atoms with Gasteiger partial charge in [0.25, 0.3) is 5.91 Å². The topological polar surface area (TPSA) is 58.6 Å². The second-order valence-corrected chi connectivity index (χ2v) is 7.22. The number of fused-ring (bicyclic) bond motifs is 1. The molecule has 2 amide bonds. The van der Waals surface area contributed by atoms with Crippen LogP contribution in [0.5, 0.6) is 5.75 Å². The third-order valence-corrected chi connectivity index (χ3v) is 5.07. The molecule has 1 aliphatic heterocycles. The van der Waals surface area contributed by atoms with E-state index in [4.69, 9.17) is 4.74 Å². The van der Waals surface area contributed by atoms with Crippen LogP contribution in [0, 0.1) is 0 Å². The summed E-state index contributed by atoms with van der Waals surface area (Å²) in [4.78, 5) is 26.9. The summed E-state index contributed by atoms with van der Waals surface area (Å²) in [5.74, 6) is 0.182. The molecule has 0 aromatic heterocycles. The predicted molar refractivity (Wildman–Crippen MR) is 109 cm³/mol. The zero-order valence-electron chi connectivity index (χ0n) is 15.2. The van der Waals surface area contributed by atoms with Crippen molar-refractivity contribution in [3.63, 3.8) is 0 Å². The van der Waals surface area contributed by atoms with Crippen LogP contribution in [0.3, 0.4) is 0 Å². The second-order valence-electron chi connectivity index (χ2n) is 6.37. The van der Waals surface area contributed by atoms with Crippen molar-refractivity contribution in [3.8, 4) is 5.75 Å². The molecule has 0 bridgehead atoms. The summed E-state index contributed by atoms with van der Waals surface area (Å²) in [7, 11) is 0. The number of amides is 2. The summed E-state index contributed by atoms with van der Waals surface area (Å²) in [6, 6.07) is 14.8. The van der Waals surface area contributed by atoms with Gasteiger partial charge in [0.2, 0.25) is 5.91 Å². The number of nitrogens with one attached hydrogen (secondary N) is 1. The molecular weight excluding hydrogens is 408 g/mol. The van der Waals surface area contributed by atoms with Gasteiger partial charge in [-0.3, -0.25) is 14.5 Å². The van der Waals surface area contributed by atoms with E-state index in [2.05, 4.69) is 21.2 Å². The van der Waals surface area contributed by atoms with Crippen molar-refractivity contribution in [2.45, 2.75) is 26.3 Å². The van der Waals surface area contributed by atoms with Crippen LogP contribution in [0.15, 0.2) is 58.8 Å². The van der Waals surface area contributed by atoms with Gasteiger partial charge in [0.05, 0.1) is 5.69 Å². The Hall–Kier alpha value is -2.60. The maximum absolute atomic E-state index is 13.0. The number of para-hydroxylation sites is 2. The van der Waals surface area contributed by atoms with E-state index in [1.165, 1.54) is 4.90 Å². The van der Waals surface area contributed by atoms with E-state index in [0.717, 1.165) is 16.5 Å². The molecule has 1 unspecified atom stereocenters. The number of nitrogens with zero attached hydrogens (tertiary/aromatic N) is 1. The maximum atomic E-state index is 13.0. The van der Waals surface area contributed by atoms with Gasteiger partial charge in [0, 0.05) is 10.5 Å². The summed E-state index contributed by atoms with van der Waals surface area (Å²) in [6.07, 6.45) is 2.51. The Kier molecular flexibility index (Phi) is 5.96. The van der Waals surface area contributed by atoms with Crippen LogP contribution >= 0.6 is 15.9 Å². The minimum atomic E-state index is -0.344. The Morgan fingerprint density at radius 2 is 1.93 bits per heavy atom. The lowest BCUT2D eigenvalue weighted by Crippen LogP contribution is -2.46. The fourth-order valence-electron chi connectivity index (χ4n) is 2.72. The van der Waals surface area contributed by atoms with Gasteiger partial charge in [-0.25, -0.2) is 0 Å². The largest absolute Gasteiger partial charge is 0.449 e. The summed E-state index contributed by atoms with van der Waals surface area (Å²) >= 11 is 3.48. The molecule has 0 radical (unpaired) electrons. The van der Waals surface area contributed by atoms with E-state index in [9.17, 15) is 9.59 Å². The first-order chi connectivity index (χ1) is 13.0. The Morgan fingerprint density at radius 3 is 2.67 bits per heavy atom. The van der Waals surface area contributed by atoms with Crippen molar-refractivity contribution < 1.29 is 14.3 Å². The van der Waals surface area contributed by atoms with Crippen LogP contribution in [0.4, 0.5) is 5.69 Å².